The van der Waals surface area contributed by atoms with Crippen LogP contribution in [-0.2, 0) is 19.0 Å². The van der Waals surface area contributed by atoms with E-state index in [1.165, 1.54) is 0 Å². The van der Waals surface area contributed by atoms with E-state index < -0.39 is 12.0 Å². The second-order valence-electron chi connectivity index (χ2n) is 3.74. The van der Waals surface area contributed by atoms with Gasteiger partial charge in [0, 0.05) is 0 Å². The Bertz CT molecular complexity index is 213. The molecule has 2 N–H and O–H groups in total. The van der Waals surface area contributed by atoms with E-state index in [4.69, 9.17) is 19.9 Å². The van der Waals surface area contributed by atoms with Crippen molar-refractivity contribution in [1.29, 1.82) is 0 Å². The fourth-order valence-electron chi connectivity index (χ4n) is 1.20. The topological polar surface area (TPSA) is 70.8 Å². The summed E-state index contributed by atoms with van der Waals surface area (Å²) in [5.74, 6) is 0.00693. The summed E-state index contributed by atoms with van der Waals surface area (Å²) in [6, 6.07) is -0.582. The van der Waals surface area contributed by atoms with Crippen LogP contribution in [0.1, 0.15) is 20.3 Å². The van der Waals surface area contributed by atoms with Crippen molar-refractivity contribution in [2.24, 2.45) is 11.7 Å². The molecule has 1 rings (SSSR count). The van der Waals surface area contributed by atoms with Crippen LogP contribution in [0.15, 0.2) is 0 Å². The quantitative estimate of drug-likeness (QED) is 0.336. The second-order valence-corrected chi connectivity index (χ2v) is 3.74. The van der Waals surface area contributed by atoms with E-state index in [0.717, 1.165) is 6.42 Å². The first kappa shape index (κ1) is 17.4. The molecule has 3 atom stereocenters. The molecule has 0 aromatic carbocycles. The molecular formula is C10H18CsNO4. The zero-order valence-electron chi connectivity index (χ0n) is 10.1. The molecule has 0 aromatic heterocycles. The SMILES string of the molecule is CC(N)C(=O)OCCOC1C[C@@H](C)[CH-]O1.[Cs+]. The van der Waals surface area contributed by atoms with Gasteiger partial charge in [0.25, 0.3) is 0 Å². The number of nitrogens with two attached hydrogens (primary N) is 1. The van der Waals surface area contributed by atoms with Gasteiger partial charge >= 0.3 is 74.9 Å². The molecule has 0 saturated carbocycles. The minimum absolute atomic E-state index is 0. The largest absolute Gasteiger partial charge is 1.00 e. The van der Waals surface area contributed by atoms with E-state index in [-0.39, 0.29) is 81.8 Å². The summed E-state index contributed by atoms with van der Waals surface area (Å²) in [7, 11) is 0. The molecule has 0 bridgehead atoms. The van der Waals surface area contributed by atoms with Gasteiger partial charge in [-0.2, -0.15) is 0 Å². The van der Waals surface area contributed by atoms with Crippen LogP contribution in [-0.4, -0.2) is 31.5 Å². The Morgan fingerprint density at radius 3 is 2.81 bits per heavy atom. The Balaban J connectivity index is 0.00000225. The van der Waals surface area contributed by atoms with Gasteiger partial charge in [-0.25, -0.2) is 6.61 Å². The molecule has 1 heterocycles. The average Bonchev–Trinajstić information content (AvgIpc) is 2.58. The summed E-state index contributed by atoms with van der Waals surface area (Å²) < 4.78 is 15.4. The summed E-state index contributed by atoms with van der Waals surface area (Å²) >= 11 is 0. The fraction of sp³-hybridized carbons (Fsp3) is 0.800. The number of carbonyl (C=O) groups excluding carboxylic acids is 1. The number of hydrogen-bond donors (Lipinski definition) is 1. The standard InChI is InChI=1S/C10H18NO4.Cs/c1-7-5-9(15-6-7)13-3-4-14-10(12)8(2)11;/h6-9H,3-5,11H2,1-2H3;/q-1;+1/t7-,8?,9?;/m1./s1. The first-order valence-corrected chi connectivity index (χ1v) is 5.12. The molecule has 5 nitrogen and oxygen atoms in total. The van der Waals surface area contributed by atoms with Gasteiger partial charge < -0.3 is 19.9 Å². The minimum atomic E-state index is -0.582. The van der Waals surface area contributed by atoms with Gasteiger partial charge in [-0.1, -0.05) is 6.92 Å². The maximum atomic E-state index is 11.0. The van der Waals surface area contributed by atoms with Crippen molar-refractivity contribution in [3.63, 3.8) is 0 Å². The molecule has 0 spiro atoms. The normalized spacial score (nSPS) is 25.9. The zero-order chi connectivity index (χ0) is 11.3. The Morgan fingerprint density at radius 1 is 1.62 bits per heavy atom. The average molecular weight is 349 g/mol. The molecule has 0 aromatic rings. The predicted octanol–water partition coefficient (Wildman–Crippen LogP) is -2.56. The smallest absolute Gasteiger partial charge is 0.529 e. The van der Waals surface area contributed by atoms with Gasteiger partial charge in [0.1, 0.15) is 18.9 Å². The molecule has 0 radical (unpaired) electrons. The second kappa shape index (κ2) is 9.35. The molecule has 1 fully saturated rings. The van der Waals surface area contributed by atoms with Crippen molar-refractivity contribution in [1.82, 2.24) is 0 Å². The van der Waals surface area contributed by atoms with Gasteiger partial charge in [-0.15, -0.1) is 5.92 Å². The Labute approximate surface area is 155 Å². The maximum absolute atomic E-state index is 11.0. The first-order valence-electron chi connectivity index (χ1n) is 5.12. The number of carbonyl (C=O) groups is 1. The molecular weight excluding hydrogens is 331 g/mol. The molecule has 2 unspecified atom stereocenters. The van der Waals surface area contributed by atoms with Crippen LogP contribution >= 0.6 is 0 Å². The minimum Gasteiger partial charge on any atom is -0.529 e. The Hall–Kier alpha value is 1.40. The van der Waals surface area contributed by atoms with Crippen LogP contribution in [0, 0.1) is 12.5 Å². The van der Waals surface area contributed by atoms with Crippen LogP contribution in [0.4, 0.5) is 0 Å². The van der Waals surface area contributed by atoms with Crippen molar-refractivity contribution in [2.75, 3.05) is 13.2 Å². The summed E-state index contributed by atoms with van der Waals surface area (Å²) in [6.45, 7) is 5.95. The van der Waals surface area contributed by atoms with E-state index in [9.17, 15) is 4.79 Å². The van der Waals surface area contributed by atoms with E-state index in [1.54, 1.807) is 13.5 Å². The van der Waals surface area contributed by atoms with E-state index >= 15 is 0 Å². The van der Waals surface area contributed by atoms with Crippen LogP contribution in [0.25, 0.3) is 0 Å². The van der Waals surface area contributed by atoms with Crippen LogP contribution in [0.3, 0.4) is 0 Å². The molecule has 16 heavy (non-hydrogen) atoms. The molecule has 0 aliphatic carbocycles. The molecule has 0 amide bonds. The van der Waals surface area contributed by atoms with Gasteiger partial charge in [-0.05, 0) is 13.3 Å². The first-order chi connectivity index (χ1) is 7.09. The third-order valence-electron chi connectivity index (χ3n) is 2.03. The summed E-state index contributed by atoms with van der Waals surface area (Å²) in [5, 5.41) is 0. The third kappa shape index (κ3) is 6.97. The van der Waals surface area contributed by atoms with Gasteiger partial charge in [-0.3, -0.25) is 4.79 Å². The maximum Gasteiger partial charge on any atom is 1.00 e. The Kier molecular flexibility index (Phi) is 10.2. The third-order valence-corrected chi connectivity index (χ3v) is 2.03. The predicted molar refractivity (Wildman–Crippen MR) is 53.5 cm³/mol. The number of rotatable bonds is 5. The molecule has 1 aliphatic rings. The van der Waals surface area contributed by atoms with Crippen LogP contribution < -0.4 is 74.6 Å². The van der Waals surface area contributed by atoms with Crippen LogP contribution in [0.5, 0.6) is 0 Å². The molecule has 88 valence electrons. The molecule has 6 heteroatoms. The molecule has 1 aliphatic heterocycles. The molecule has 1 saturated heterocycles. The van der Waals surface area contributed by atoms with E-state index in [1.807, 2.05) is 0 Å². The zero-order valence-corrected chi connectivity index (χ0v) is 16.4. The fourth-order valence-corrected chi connectivity index (χ4v) is 1.20. The van der Waals surface area contributed by atoms with Crippen molar-refractivity contribution in [3.8, 4) is 0 Å². The number of hydrogen-bond acceptors (Lipinski definition) is 5. The Morgan fingerprint density at radius 2 is 2.31 bits per heavy atom. The van der Waals surface area contributed by atoms with E-state index in [2.05, 4.69) is 6.92 Å². The number of esters is 1. The summed E-state index contributed by atoms with van der Waals surface area (Å²) in [5.41, 5.74) is 5.31. The van der Waals surface area contributed by atoms with Crippen molar-refractivity contribution in [3.05, 3.63) is 6.61 Å². The van der Waals surface area contributed by atoms with Gasteiger partial charge in [0.2, 0.25) is 0 Å². The summed E-state index contributed by atoms with van der Waals surface area (Å²) in [6.07, 6.45) is 0.648. The van der Waals surface area contributed by atoms with Crippen LogP contribution in [0.2, 0.25) is 0 Å². The van der Waals surface area contributed by atoms with Crippen molar-refractivity contribution in [2.45, 2.75) is 32.6 Å². The monoisotopic (exact) mass is 349 g/mol. The number of ether oxygens (including phenoxy) is 3. The van der Waals surface area contributed by atoms with E-state index in [0.29, 0.717) is 12.5 Å². The van der Waals surface area contributed by atoms with Crippen molar-refractivity contribution >= 4 is 5.97 Å². The van der Waals surface area contributed by atoms with Crippen molar-refractivity contribution < 1.29 is 87.9 Å². The summed E-state index contributed by atoms with van der Waals surface area (Å²) in [4.78, 5) is 11.0. The van der Waals surface area contributed by atoms with Gasteiger partial charge in [0.05, 0.1) is 6.61 Å². The van der Waals surface area contributed by atoms with Gasteiger partial charge in [0.15, 0.2) is 0 Å².